The summed E-state index contributed by atoms with van der Waals surface area (Å²) in [6.07, 6.45) is 0.874. The van der Waals surface area contributed by atoms with Crippen molar-refractivity contribution in [2.24, 2.45) is 0 Å². The van der Waals surface area contributed by atoms with Crippen LogP contribution in [-0.4, -0.2) is 91.7 Å². The molecule has 3 aromatic rings. The quantitative estimate of drug-likeness (QED) is 0.267. The summed E-state index contributed by atoms with van der Waals surface area (Å²) in [5.41, 5.74) is 0.375. The normalized spacial score (nSPS) is 16.6. The zero-order chi connectivity index (χ0) is 32.4. The zero-order valence-electron chi connectivity index (χ0n) is 26.2. The van der Waals surface area contributed by atoms with E-state index >= 15 is 0 Å². The average Bonchev–Trinajstić information content (AvgIpc) is 3.58. The van der Waals surface area contributed by atoms with Crippen LogP contribution in [0.2, 0.25) is 25.7 Å². The lowest BCUT2D eigenvalue weighted by Crippen LogP contribution is -2.53. The number of piperidine rings is 1. The molecule has 1 saturated heterocycles. The number of amides is 1. The minimum Gasteiger partial charge on any atom is -0.494 e. The Bertz CT molecular complexity index is 1590. The Morgan fingerprint density at radius 2 is 1.82 bits per heavy atom. The number of aryl methyl sites for hydroxylation is 1. The second-order valence-electron chi connectivity index (χ2n) is 12.1. The summed E-state index contributed by atoms with van der Waals surface area (Å²) in [6.45, 7) is 9.48. The van der Waals surface area contributed by atoms with Gasteiger partial charge in [0.2, 0.25) is 27.7 Å². The van der Waals surface area contributed by atoms with Crippen molar-refractivity contribution in [1.29, 1.82) is 0 Å². The first-order valence-electron chi connectivity index (χ1n) is 14.5. The van der Waals surface area contributed by atoms with Crippen LogP contribution in [0.15, 0.2) is 34.7 Å². The summed E-state index contributed by atoms with van der Waals surface area (Å²) in [5.74, 6) is 0.432. The second kappa shape index (κ2) is 13.0. The highest BCUT2D eigenvalue weighted by Crippen LogP contribution is 2.40. The molecule has 4 rings (SSSR count). The van der Waals surface area contributed by atoms with Crippen LogP contribution < -0.4 is 13.8 Å². The topological polar surface area (TPSA) is 157 Å². The number of aromatic nitrogens is 3. The number of aliphatic carboxylic acids is 1. The Morgan fingerprint density at radius 3 is 2.36 bits per heavy atom. The van der Waals surface area contributed by atoms with Gasteiger partial charge in [0, 0.05) is 27.6 Å². The first-order chi connectivity index (χ1) is 20.7. The third kappa shape index (κ3) is 6.77. The van der Waals surface area contributed by atoms with Crippen LogP contribution in [0.4, 0.5) is 5.95 Å². The van der Waals surface area contributed by atoms with Crippen molar-refractivity contribution in [2.45, 2.75) is 70.1 Å². The molecular weight excluding hydrogens is 606 g/mol. The molecule has 0 aliphatic carbocycles. The van der Waals surface area contributed by atoms with Gasteiger partial charge in [0.05, 0.1) is 19.5 Å². The number of methoxy groups -OCH3 is 2. The molecule has 0 radical (unpaired) electrons. The largest absolute Gasteiger partial charge is 0.494 e. The lowest BCUT2D eigenvalue weighted by molar-refractivity contribution is -0.153. The van der Waals surface area contributed by atoms with Gasteiger partial charge in [0.25, 0.3) is 0 Å². The smallest absolute Gasteiger partial charge is 0.326 e. The number of anilines is 1. The number of carbonyl (C=O) groups excluding carboxylic acids is 1. The summed E-state index contributed by atoms with van der Waals surface area (Å²) in [4.78, 5) is 26.0. The molecule has 1 N–H and O–H groups in total. The molecule has 1 aliphatic heterocycles. The Balaban J connectivity index is 1.91. The molecule has 1 aliphatic rings. The van der Waals surface area contributed by atoms with Crippen LogP contribution in [0.1, 0.15) is 31.9 Å². The minimum absolute atomic E-state index is 0.0123. The number of hydrogen-bond acceptors (Lipinski definition) is 9. The number of ether oxygens (including phenoxy) is 2. The number of furan rings is 1. The SMILES string of the molecule is COc1cccc(OC)c1-n1c(-c2ccc(C)o2)nnc1N(CC[Si](C)(C)C)S(=O)(=O)[C@H](C)CN1C(=O)CCCC1C(=O)O. The molecule has 2 aromatic heterocycles. The third-order valence-corrected chi connectivity index (χ3v) is 11.5. The highest BCUT2D eigenvalue weighted by atomic mass is 32.2. The summed E-state index contributed by atoms with van der Waals surface area (Å²) in [5, 5.41) is 17.4. The van der Waals surface area contributed by atoms with Crippen molar-refractivity contribution in [3.63, 3.8) is 0 Å². The molecule has 240 valence electrons. The van der Waals surface area contributed by atoms with Crippen LogP contribution in [-0.2, 0) is 19.6 Å². The maximum atomic E-state index is 14.5. The van der Waals surface area contributed by atoms with E-state index in [4.69, 9.17) is 13.9 Å². The first kappa shape index (κ1) is 33.0. The van der Waals surface area contributed by atoms with Gasteiger partial charge in [-0.2, -0.15) is 0 Å². The van der Waals surface area contributed by atoms with Crippen LogP contribution in [0.25, 0.3) is 17.3 Å². The number of nitrogens with zero attached hydrogens (tertiary/aromatic N) is 5. The summed E-state index contributed by atoms with van der Waals surface area (Å²) in [7, 11) is -3.06. The number of hydrogen-bond donors (Lipinski definition) is 1. The van der Waals surface area contributed by atoms with Crippen LogP contribution in [0.3, 0.4) is 0 Å². The molecule has 1 aromatic carbocycles. The Labute approximate surface area is 258 Å². The van der Waals surface area contributed by atoms with Gasteiger partial charge >= 0.3 is 5.97 Å². The zero-order valence-corrected chi connectivity index (χ0v) is 28.0. The monoisotopic (exact) mass is 647 g/mol. The Morgan fingerprint density at radius 1 is 1.16 bits per heavy atom. The molecule has 0 bridgehead atoms. The molecule has 1 amide bonds. The van der Waals surface area contributed by atoms with Crippen molar-refractivity contribution in [2.75, 3.05) is 31.6 Å². The number of carboxylic acid groups (broad SMARTS) is 1. The fourth-order valence-corrected chi connectivity index (χ4v) is 7.71. The number of para-hydroxylation sites is 1. The fraction of sp³-hybridized carbons (Fsp3) is 0.517. The number of sulfonamides is 1. The molecular formula is C29H41N5O8SSi. The number of rotatable bonds is 13. The summed E-state index contributed by atoms with van der Waals surface area (Å²) < 4.78 is 49.1. The van der Waals surface area contributed by atoms with Crippen molar-refractivity contribution >= 4 is 35.9 Å². The van der Waals surface area contributed by atoms with Gasteiger partial charge in [0.15, 0.2) is 5.76 Å². The standard InChI is InChI=1S/C29H41N5O8SSi/c1-19-14-15-24(42-19)27-30-31-29(34(27)26-22(40-3)11-9-12-23(26)41-4)33(16-17-44(5,6)7)43(38,39)20(2)18-32-21(28(36)37)10-8-13-25(32)35/h9,11-12,14-15,20-21H,8,10,13,16-18H2,1-7H3,(H,36,37)/t20-,21?/m1/s1. The van der Waals surface area contributed by atoms with E-state index in [1.807, 2.05) is 0 Å². The number of likely N-dealkylation sites (tertiary alicyclic amines) is 1. The molecule has 0 spiro atoms. The van der Waals surface area contributed by atoms with Gasteiger partial charge in [-0.3, -0.25) is 9.36 Å². The van der Waals surface area contributed by atoms with Gasteiger partial charge in [0.1, 0.15) is 29.0 Å². The van der Waals surface area contributed by atoms with Crippen molar-refractivity contribution < 1.29 is 37.0 Å². The number of benzene rings is 1. The molecule has 44 heavy (non-hydrogen) atoms. The van der Waals surface area contributed by atoms with Gasteiger partial charge in [-0.1, -0.05) is 25.7 Å². The van der Waals surface area contributed by atoms with E-state index in [0.717, 1.165) is 0 Å². The lowest BCUT2D eigenvalue weighted by atomic mass is 10.0. The summed E-state index contributed by atoms with van der Waals surface area (Å²) >= 11 is 0. The van der Waals surface area contributed by atoms with Crippen molar-refractivity contribution in [1.82, 2.24) is 19.7 Å². The predicted octanol–water partition coefficient (Wildman–Crippen LogP) is 4.18. The van der Waals surface area contributed by atoms with E-state index in [0.29, 0.717) is 41.2 Å². The van der Waals surface area contributed by atoms with Crippen LogP contribution in [0.5, 0.6) is 11.5 Å². The maximum absolute atomic E-state index is 14.5. The first-order valence-corrected chi connectivity index (χ1v) is 19.7. The van der Waals surface area contributed by atoms with E-state index in [1.54, 1.807) is 41.8 Å². The second-order valence-corrected chi connectivity index (χ2v) is 20.0. The minimum atomic E-state index is -4.25. The Kier molecular flexibility index (Phi) is 9.78. The van der Waals surface area contributed by atoms with Crippen LogP contribution in [0, 0.1) is 6.92 Å². The number of carbonyl (C=O) groups is 2. The van der Waals surface area contributed by atoms with Crippen LogP contribution >= 0.6 is 0 Å². The van der Waals surface area contributed by atoms with E-state index in [9.17, 15) is 23.1 Å². The highest BCUT2D eigenvalue weighted by Gasteiger charge is 2.40. The number of carboxylic acids is 1. The average molecular weight is 648 g/mol. The Hall–Kier alpha value is -3.85. The van der Waals surface area contributed by atoms with E-state index in [2.05, 4.69) is 29.8 Å². The van der Waals surface area contributed by atoms with Gasteiger partial charge in [-0.15, -0.1) is 10.2 Å². The van der Waals surface area contributed by atoms with Gasteiger partial charge in [-0.05, 0) is 57.0 Å². The maximum Gasteiger partial charge on any atom is 0.326 e. The lowest BCUT2D eigenvalue weighted by Gasteiger charge is -2.36. The van der Waals surface area contributed by atoms with Crippen molar-refractivity contribution in [3.05, 3.63) is 36.1 Å². The molecule has 3 heterocycles. The third-order valence-electron chi connectivity index (χ3n) is 7.64. The fourth-order valence-electron chi connectivity index (χ4n) is 5.18. The predicted molar refractivity (Wildman–Crippen MR) is 168 cm³/mol. The molecule has 15 heteroatoms. The van der Waals surface area contributed by atoms with E-state index in [1.165, 1.54) is 30.3 Å². The van der Waals surface area contributed by atoms with E-state index < -0.39 is 35.4 Å². The van der Waals surface area contributed by atoms with E-state index in [-0.39, 0.29) is 43.6 Å². The molecule has 2 atom stereocenters. The molecule has 0 saturated carbocycles. The molecule has 13 nitrogen and oxygen atoms in total. The van der Waals surface area contributed by atoms with Crippen molar-refractivity contribution in [3.8, 4) is 28.8 Å². The molecule has 1 fully saturated rings. The van der Waals surface area contributed by atoms with Gasteiger partial charge in [-0.25, -0.2) is 17.5 Å². The molecule has 1 unspecified atom stereocenters. The summed E-state index contributed by atoms with van der Waals surface area (Å²) in [6, 6.07) is 8.18. The highest BCUT2D eigenvalue weighted by molar-refractivity contribution is 7.93. The van der Waals surface area contributed by atoms with Gasteiger partial charge < -0.3 is 23.9 Å².